The minimum absolute atomic E-state index is 0.165. The first-order chi connectivity index (χ1) is 22.3. The second-order valence-electron chi connectivity index (χ2n) is 10.1. The summed E-state index contributed by atoms with van der Waals surface area (Å²) in [6.07, 6.45) is 0. The van der Waals surface area contributed by atoms with Crippen LogP contribution in [0.25, 0.3) is 21.5 Å². The summed E-state index contributed by atoms with van der Waals surface area (Å²) in [5.41, 5.74) is 0.707. The van der Waals surface area contributed by atoms with Crippen molar-refractivity contribution in [3.05, 3.63) is 66.8 Å². The van der Waals surface area contributed by atoms with Gasteiger partial charge in [-0.1, -0.05) is 37.4 Å². The molecule has 0 aliphatic rings. The first kappa shape index (κ1) is 36.3. The van der Waals surface area contributed by atoms with Gasteiger partial charge in [-0.15, -0.1) is 0 Å². The molecule has 0 heterocycles. The Kier molecular flexibility index (Phi) is 15.8. The van der Waals surface area contributed by atoms with E-state index in [4.69, 9.17) is 42.6 Å². The molecule has 3 rings (SSSR count). The predicted molar refractivity (Wildman–Crippen MR) is 174 cm³/mol. The maximum absolute atomic E-state index is 11.4. The monoisotopic (exact) mass is 640 g/mol. The van der Waals surface area contributed by atoms with E-state index >= 15 is 0 Å². The average molecular weight is 641 g/mol. The number of esters is 2. The van der Waals surface area contributed by atoms with Gasteiger partial charge in [0, 0.05) is 32.7 Å². The van der Waals surface area contributed by atoms with Crippen molar-refractivity contribution in [3.8, 4) is 17.2 Å². The van der Waals surface area contributed by atoms with E-state index in [2.05, 4.69) is 13.2 Å². The molecule has 3 aromatic rings. The minimum Gasteiger partial charge on any atom is -0.497 e. The maximum atomic E-state index is 11.4. The third-order valence-electron chi connectivity index (χ3n) is 6.44. The fourth-order valence-electron chi connectivity index (χ4n) is 4.20. The Bertz CT molecular complexity index is 1450. The molecule has 0 saturated heterocycles. The molecule has 0 atom stereocenters. The summed E-state index contributed by atoms with van der Waals surface area (Å²) < 4.78 is 50.3. The van der Waals surface area contributed by atoms with Crippen molar-refractivity contribution in [2.45, 2.75) is 13.8 Å². The van der Waals surface area contributed by atoms with Crippen molar-refractivity contribution in [2.75, 3.05) is 86.4 Å². The number of carbonyl (C=O) groups is 2. The van der Waals surface area contributed by atoms with Crippen molar-refractivity contribution < 1.29 is 52.2 Å². The molecule has 46 heavy (non-hydrogen) atoms. The molecule has 0 saturated carbocycles. The number of benzene rings is 3. The zero-order valence-electron chi connectivity index (χ0n) is 26.9. The van der Waals surface area contributed by atoms with Crippen LogP contribution in [-0.4, -0.2) is 98.3 Å². The fraction of sp³-hybridized carbons (Fsp3) is 0.429. The highest BCUT2D eigenvalue weighted by atomic mass is 16.6. The highest BCUT2D eigenvalue weighted by Gasteiger charge is 2.17. The van der Waals surface area contributed by atoms with Gasteiger partial charge < -0.3 is 42.6 Å². The molecule has 3 aromatic carbocycles. The Morgan fingerprint density at radius 2 is 0.935 bits per heavy atom. The highest BCUT2D eigenvalue weighted by Crippen LogP contribution is 2.44. The van der Waals surface area contributed by atoms with Crippen molar-refractivity contribution in [1.29, 1.82) is 0 Å². The van der Waals surface area contributed by atoms with Gasteiger partial charge in [-0.3, -0.25) is 0 Å². The van der Waals surface area contributed by atoms with Crippen molar-refractivity contribution in [1.82, 2.24) is 0 Å². The van der Waals surface area contributed by atoms with E-state index in [0.29, 0.717) is 75.5 Å². The molecule has 0 aromatic heterocycles. The Labute approximate surface area is 269 Å². The van der Waals surface area contributed by atoms with E-state index in [1.807, 2.05) is 42.5 Å². The summed E-state index contributed by atoms with van der Waals surface area (Å²) in [5.74, 6) is 1.26. The quantitative estimate of drug-likeness (QED) is 0.0599. The molecule has 0 unspecified atom stereocenters. The molecule has 0 spiro atoms. The molecule has 11 nitrogen and oxygen atoms in total. The van der Waals surface area contributed by atoms with Crippen LogP contribution in [0.5, 0.6) is 17.2 Å². The number of hydrogen-bond acceptors (Lipinski definition) is 11. The smallest absolute Gasteiger partial charge is 0.333 e. The van der Waals surface area contributed by atoms with E-state index in [9.17, 15) is 9.59 Å². The number of methoxy groups -OCH3 is 1. The predicted octanol–water partition coefficient (Wildman–Crippen LogP) is 5.06. The van der Waals surface area contributed by atoms with E-state index < -0.39 is 11.9 Å². The number of hydrogen-bond donors (Lipinski definition) is 0. The third-order valence-corrected chi connectivity index (χ3v) is 6.44. The maximum Gasteiger partial charge on any atom is 0.333 e. The molecule has 0 bridgehead atoms. The van der Waals surface area contributed by atoms with Gasteiger partial charge in [0.2, 0.25) is 0 Å². The fourth-order valence-corrected chi connectivity index (χ4v) is 4.20. The standard InChI is InChI=1S/C35H44O11/c1-25(2)34(36)45-22-18-41-14-12-39-16-20-43-32-28-8-6-7-9-29(28)33(31-24-27(38-5)10-11-30(31)32)44-21-17-40-13-15-42-19-23-46-35(37)26(3)4/h6-11,24H,1,3,12-23H2,2,4-5H3. The van der Waals surface area contributed by atoms with E-state index in [1.165, 1.54) is 0 Å². The molecular weight excluding hydrogens is 596 g/mol. The van der Waals surface area contributed by atoms with Crippen molar-refractivity contribution in [2.24, 2.45) is 0 Å². The van der Waals surface area contributed by atoms with Gasteiger partial charge >= 0.3 is 11.9 Å². The Morgan fingerprint density at radius 3 is 1.37 bits per heavy atom. The zero-order chi connectivity index (χ0) is 33.1. The van der Waals surface area contributed by atoms with Gasteiger partial charge in [0.25, 0.3) is 0 Å². The summed E-state index contributed by atoms with van der Waals surface area (Å²) in [4.78, 5) is 22.8. The summed E-state index contributed by atoms with van der Waals surface area (Å²) in [5, 5.41) is 3.53. The third kappa shape index (κ3) is 11.6. The molecule has 0 aliphatic carbocycles. The van der Waals surface area contributed by atoms with Gasteiger partial charge in [0.15, 0.2) is 0 Å². The summed E-state index contributed by atoms with van der Waals surface area (Å²) in [7, 11) is 1.62. The first-order valence-corrected chi connectivity index (χ1v) is 15.1. The number of rotatable bonds is 23. The SMILES string of the molecule is C=C(C)C(=O)OCCOCCOCCOc1c2ccccc2c(OCCOCCOCCOC(=O)C(=C)C)c2cc(OC)ccc12. The molecule has 0 N–H and O–H groups in total. The van der Waals surface area contributed by atoms with Gasteiger partial charge in [0.05, 0.1) is 60.0 Å². The van der Waals surface area contributed by atoms with Crippen molar-refractivity contribution >= 4 is 33.5 Å². The van der Waals surface area contributed by atoms with Crippen LogP contribution >= 0.6 is 0 Å². The van der Waals surface area contributed by atoms with Gasteiger partial charge in [-0.2, -0.15) is 0 Å². The van der Waals surface area contributed by atoms with Crippen LogP contribution < -0.4 is 14.2 Å². The molecular formula is C35H44O11. The van der Waals surface area contributed by atoms with E-state index in [1.54, 1.807) is 21.0 Å². The van der Waals surface area contributed by atoms with Crippen LogP contribution in [-0.2, 0) is 38.0 Å². The lowest BCUT2D eigenvalue weighted by atomic mass is 10.00. The lowest BCUT2D eigenvalue weighted by Crippen LogP contribution is -2.15. The van der Waals surface area contributed by atoms with Gasteiger partial charge in [-0.25, -0.2) is 9.59 Å². The van der Waals surface area contributed by atoms with E-state index in [-0.39, 0.29) is 26.4 Å². The molecule has 11 heteroatoms. The Balaban J connectivity index is 1.51. The van der Waals surface area contributed by atoms with Crippen LogP contribution in [0.1, 0.15) is 13.8 Å². The number of fused-ring (bicyclic) bond motifs is 2. The van der Waals surface area contributed by atoms with Crippen LogP contribution in [0.15, 0.2) is 66.8 Å². The summed E-state index contributed by atoms with van der Waals surface area (Å²) in [6.45, 7) is 14.0. The second-order valence-corrected chi connectivity index (χ2v) is 10.1. The molecule has 0 radical (unpaired) electrons. The molecule has 250 valence electrons. The molecule has 0 amide bonds. The largest absolute Gasteiger partial charge is 0.497 e. The summed E-state index contributed by atoms with van der Waals surface area (Å²) >= 11 is 0. The number of ether oxygens (including phenoxy) is 9. The molecule has 0 fully saturated rings. The molecule has 0 aliphatic heterocycles. The zero-order valence-corrected chi connectivity index (χ0v) is 26.9. The number of carbonyl (C=O) groups excluding carboxylic acids is 2. The van der Waals surface area contributed by atoms with E-state index in [0.717, 1.165) is 27.3 Å². The van der Waals surface area contributed by atoms with Crippen molar-refractivity contribution in [3.63, 3.8) is 0 Å². The second kappa shape index (κ2) is 20.1. The Hall–Kier alpha value is -4.16. The Morgan fingerprint density at radius 1 is 0.543 bits per heavy atom. The lowest BCUT2D eigenvalue weighted by Gasteiger charge is -2.18. The normalized spacial score (nSPS) is 10.9. The van der Waals surface area contributed by atoms with Crippen LogP contribution in [0.3, 0.4) is 0 Å². The van der Waals surface area contributed by atoms with Crippen LogP contribution in [0.2, 0.25) is 0 Å². The van der Waals surface area contributed by atoms with Crippen LogP contribution in [0, 0.1) is 0 Å². The summed E-state index contributed by atoms with van der Waals surface area (Å²) in [6, 6.07) is 13.7. The topological polar surface area (TPSA) is 117 Å². The minimum atomic E-state index is -0.431. The van der Waals surface area contributed by atoms with Gasteiger partial charge in [-0.05, 0) is 32.0 Å². The van der Waals surface area contributed by atoms with Crippen LogP contribution in [0.4, 0.5) is 0 Å². The average Bonchev–Trinajstić information content (AvgIpc) is 3.06. The lowest BCUT2D eigenvalue weighted by molar-refractivity contribution is -0.141. The highest BCUT2D eigenvalue weighted by molar-refractivity contribution is 6.11. The van der Waals surface area contributed by atoms with Gasteiger partial charge in [0.1, 0.15) is 43.7 Å². The first-order valence-electron chi connectivity index (χ1n) is 15.1.